The molecule has 3 nitrogen and oxygen atoms in total. The molecule has 0 radical (unpaired) electrons. The maximum absolute atomic E-state index is 5.76. The van der Waals surface area contributed by atoms with E-state index in [1.54, 1.807) is 0 Å². The smallest absolute Gasteiger partial charge is 0.0995 e. The summed E-state index contributed by atoms with van der Waals surface area (Å²) in [4.78, 5) is 4.25. The molecule has 0 bridgehead atoms. The van der Waals surface area contributed by atoms with Gasteiger partial charge in [-0.3, -0.25) is 0 Å². The van der Waals surface area contributed by atoms with Gasteiger partial charge in [-0.15, -0.1) is 0 Å². The van der Waals surface area contributed by atoms with Crippen molar-refractivity contribution in [1.82, 2.24) is 9.38 Å². The fourth-order valence-electron chi connectivity index (χ4n) is 1.66. The van der Waals surface area contributed by atoms with Crippen LogP contribution in [0.4, 0.5) is 0 Å². The van der Waals surface area contributed by atoms with E-state index in [1.165, 1.54) is 11.1 Å². The molecule has 1 unspecified atom stereocenters. The number of hydrogen-bond donors (Lipinski definition) is 1. The van der Waals surface area contributed by atoms with Gasteiger partial charge in [0.2, 0.25) is 0 Å². The second-order valence-corrected chi connectivity index (χ2v) is 3.84. The molecule has 2 rings (SSSR count). The maximum atomic E-state index is 5.76. The van der Waals surface area contributed by atoms with Crippen LogP contribution in [0.15, 0.2) is 24.7 Å². The summed E-state index contributed by atoms with van der Waals surface area (Å²) in [6, 6.07) is 4.46. The molecule has 2 aromatic rings. The molecule has 0 aromatic carbocycles. The molecule has 0 amide bonds. The lowest BCUT2D eigenvalue weighted by atomic mass is 10.1. The van der Waals surface area contributed by atoms with Gasteiger partial charge in [0.15, 0.2) is 0 Å². The number of aromatic nitrogens is 2. The molecule has 2 N–H and O–H groups in total. The monoisotopic (exact) mass is 189 g/mol. The number of hydrogen-bond acceptors (Lipinski definition) is 2. The molecule has 0 aliphatic rings. The van der Waals surface area contributed by atoms with Crippen LogP contribution in [-0.2, 0) is 6.42 Å². The van der Waals surface area contributed by atoms with E-state index >= 15 is 0 Å². The van der Waals surface area contributed by atoms with Crippen LogP contribution in [-0.4, -0.2) is 15.4 Å². The van der Waals surface area contributed by atoms with Crippen molar-refractivity contribution in [3.8, 4) is 0 Å². The number of fused-ring (bicyclic) bond motifs is 1. The van der Waals surface area contributed by atoms with Crippen LogP contribution in [0.1, 0.15) is 18.2 Å². The van der Waals surface area contributed by atoms with Crippen LogP contribution in [0.5, 0.6) is 0 Å². The molecule has 0 aliphatic heterocycles. The van der Waals surface area contributed by atoms with E-state index in [-0.39, 0.29) is 6.04 Å². The third kappa shape index (κ3) is 1.63. The predicted octanol–water partition coefficient (Wildman–Crippen LogP) is 1.53. The van der Waals surface area contributed by atoms with Gasteiger partial charge in [-0.05, 0) is 38.0 Å². The van der Waals surface area contributed by atoms with E-state index in [0.717, 1.165) is 12.1 Å². The lowest BCUT2D eigenvalue weighted by molar-refractivity contribution is 0.737. The minimum Gasteiger partial charge on any atom is -0.328 e. The average Bonchev–Trinajstić information content (AvgIpc) is 2.47. The van der Waals surface area contributed by atoms with Crippen molar-refractivity contribution in [1.29, 1.82) is 0 Å². The molecule has 74 valence electrons. The summed E-state index contributed by atoms with van der Waals surface area (Å²) in [7, 11) is 0. The Bertz CT molecular complexity index is 443. The average molecular weight is 189 g/mol. The first-order valence-electron chi connectivity index (χ1n) is 4.84. The van der Waals surface area contributed by atoms with Gasteiger partial charge in [0.05, 0.1) is 17.5 Å². The molecule has 1 atom stereocenters. The molecule has 3 heteroatoms. The predicted molar refractivity (Wildman–Crippen MR) is 57.3 cm³/mol. The number of rotatable bonds is 2. The highest BCUT2D eigenvalue weighted by Crippen LogP contribution is 2.11. The molecule has 0 fully saturated rings. The summed E-state index contributed by atoms with van der Waals surface area (Å²) in [5, 5.41) is 0. The Hall–Kier alpha value is -1.35. The first kappa shape index (κ1) is 9.21. The van der Waals surface area contributed by atoms with Crippen molar-refractivity contribution in [2.75, 3.05) is 0 Å². The number of pyridine rings is 1. The van der Waals surface area contributed by atoms with Gasteiger partial charge in [0.25, 0.3) is 0 Å². The Morgan fingerprint density at radius 3 is 3.07 bits per heavy atom. The Morgan fingerprint density at radius 1 is 1.57 bits per heavy atom. The standard InChI is InChI=1S/C11H15N3/c1-8(12)5-10-3-4-14-7-13-9(2)11(14)6-10/h3-4,6-8H,5,12H2,1-2H3. The molecule has 0 aliphatic carbocycles. The second-order valence-electron chi connectivity index (χ2n) is 3.84. The van der Waals surface area contributed by atoms with Gasteiger partial charge in [-0.1, -0.05) is 0 Å². The van der Waals surface area contributed by atoms with Gasteiger partial charge < -0.3 is 10.1 Å². The second kappa shape index (κ2) is 3.42. The van der Waals surface area contributed by atoms with E-state index in [2.05, 4.69) is 17.1 Å². The number of imidazole rings is 1. The molecular weight excluding hydrogens is 174 g/mol. The van der Waals surface area contributed by atoms with Gasteiger partial charge in [0.1, 0.15) is 0 Å². The molecule has 2 heterocycles. The molecule has 0 saturated carbocycles. The molecule has 0 saturated heterocycles. The van der Waals surface area contributed by atoms with Crippen LogP contribution in [0.25, 0.3) is 5.52 Å². The normalized spacial score (nSPS) is 13.4. The summed E-state index contributed by atoms with van der Waals surface area (Å²) in [5.74, 6) is 0. The first-order valence-corrected chi connectivity index (χ1v) is 4.84. The van der Waals surface area contributed by atoms with Crippen molar-refractivity contribution in [3.05, 3.63) is 35.9 Å². The van der Waals surface area contributed by atoms with E-state index in [4.69, 9.17) is 5.73 Å². The first-order chi connectivity index (χ1) is 6.66. The third-order valence-electron chi connectivity index (χ3n) is 2.35. The van der Waals surface area contributed by atoms with Crippen LogP contribution in [0.2, 0.25) is 0 Å². The number of nitrogens with two attached hydrogens (primary N) is 1. The largest absolute Gasteiger partial charge is 0.328 e. The van der Waals surface area contributed by atoms with Crippen molar-refractivity contribution in [2.24, 2.45) is 5.73 Å². The number of nitrogens with zero attached hydrogens (tertiary/aromatic N) is 2. The quantitative estimate of drug-likeness (QED) is 0.778. The van der Waals surface area contributed by atoms with Crippen LogP contribution >= 0.6 is 0 Å². The third-order valence-corrected chi connectivity index (χ3v) is 2.35. The minimum atomic E-state index is 0.209. The Kier molecular flexibility index (Phi) is 2.25. The Balaban J connectivity index is 2.44. The fourth-order valence-corrected chi connectivity index (χ4v) is 1.66. The SMILES string of the molecule is Cc1ncn2ccc(CC(C)N)cc12. The Morgan fingerprint density at radius 2 is 2.36 bits per heavy atom. The van der Waals surface area contributed by atoms with Crippen LogP contribution < -0.4 is 5.73 Å². The topological polar surface area (TPSA) is 43.3 Å². The van der Waals surface area contributed by atoms with Crippen LogP contribution in [0.3, 0.4) is 0 Å². The van der Waals surface area contributed by atoms with Crippen molar-refractivity contribution in [3.63, 3.8) is 0 Å². The lowest BCUT2D eigenvalue weighted by Gasteiger charge is -2.05. The summed E-state index contributed by atoms with van der Waals surface area (Å²) in [6.45, 7) is 4.04. The van der Waals surface area contributed by atoms with Gasteiger partial charge >= 0.3 is 0 Å². The van der Waals surface area contributed by atoms with E-state index < -0.39 is 0 Å². The summed E-state index contributed by atoms with van der Waals surface area (Å²) >= 11 is 0. The molecular formula is C11H15N3. The highest BCUT2D eigenvalue weighted by atomic mass is 15.0. The maximum Gasteiger partial charge on any atom is 0.0995 e. The van der Waals surface area contributed by atoms with Gasteiger partial charge in [0, 0.05) is 12.2 Å². The molecule has 2 aromatic heterocycles. The summed E-state index contributed by atoms with van der Waals surface area (Å²) in [5.41, 5.74) is 9.27. The fraction of sp³-hybridized carbons (Fsp3) is 0.364. The van der Waals surface area contributed by atoms with E-state index in [1.807, 2.05) is 30.8 Å². The zero-order valence-corrected chi connectivity index (χ0v) is 8.57. The van der Waals surface area contributed by atoms with Gasteiger partial charge in [-0.25, -0.2) is 4.98 Å². The highest BCUT2D eigenvalue weighted by Gasteiger charge is 2.02. The zero-order valence-electron chi connectivity index (χ0n) is 8.57. The lowest BCUT2D eigenvalue weighted by Crippen LogP contribution is -2.17. The number of aryl methyl sites for hydroxylation is 1. The highest BCUT2D eigenvalue weighted by molar-refractivity contribution is 5.53. The molecule has 0 spiro atoms. The van der Waals surface area contributed by atoms with Crippen molar-refractivity contribution < 1.29 is 0 Å². The summed E-state index contributed by atoms with van der Waals surface area (Å²) < 4.78 is 2.03. The molecule has 14 heavy (non-hydrogen) atoms. The summed E-state index contributed by atoms with van der Waals surface area (Å²) in [6.07, 6.45) is 4.79. The van der Waals surface area contributed by atoms with Crippen molar-refractivity contribution >= 4 is 5.52 Å². The van der Waals surface area contributed by atoms with Crippen molar-refractivity contribution in [2.45, 2.75) is 26.3 Å². The van der Waals surface area contributed by atoms with E-state index in [9.17, 15) is 0 Å². The minimum absolute atomic E-state index is 0.209. The zero-order chi connectivity index (χ0) is 10.1. The van der Waals surface area contributed by atoms with Crippen LogP contribution in [0, 0.1) is 6.92 Å². The van der Waals surface area contributed by atoms with Gasteiger partial charge in [-0.2, -0.15) is 0 Å². The van der Waals surface area contributed by atoms with E-state index in [0.29, 0.717) is 0 Å². The Labute approximate surface area is 83.6 Å².